The molecule has 5 heterocycles. The largest absolute Gasteiger partial charge is 0.453 e. The fourth-order valence-corrected chi connectivity index (χ4v) is 4.06. The van der Waals surface area contributed by atoms with E-state index in [1.165, 1.54) is 24.2 Å². The molecule has 1 fully saturated rings. The quantitative estimate of drug-likeness (QED) is 0.467. The summed E-state index contributed by atoms with van der Waals surface area (Å²) in [4.78, 5) is 26.6. The number of methoxy groups -OCH3 is 1. The van der Waals surface area contributed by atoms with E-state index in [0.29, 0.717) is 52.9 Å². The Balaban J connectivity index is 1.56. The Morgan fingerprint density at radius 3 is 2.60 bits per heavy atom. The average Bonchev–Trinajstić information content (AvgIpc) is 3.35. The van der Waals surface area contributed by atoms with Crippen molar-refractivity contribution >= 4 is 17.4 Å². The fourth-order valence-electron chi connectivity index (χ4n) is 4.06. The standard InChI is InChI=1S/C21H20F3N9O2/c1-11-29-16(14-7-27-31(2)17(14)15-5-4-12(6-25-15)21(22,23)24)18-19(26-10-28-33(11)18)32-8-13(9-32)30-20(34)35-3/h4-7,10,13H,8-9H2,1-3H3,(H,30,34). The van der Waals surface area contributed by atoms with Gasteiger partial charge in [0, 0.05) is 26.3 Å². The van der Waals surface area contributed by atoms with Gasteiger partial charge in [-0.25, -0.2) is 19.3 Å². The van der Waals surface area contributed by atoms with Crippen LogP contribution in [0.1, 0.15) is 11.4 Å². The van der Waals surface area contributed by atoms with Crippen LogP contribution in [0, 0.1) is 6.92 Å². The van der Waals surface area contributed by atoms with Crippen LogP contribution < -0.4 is 10.2 Å². The average molecular weight is 487 g/mol. The number of hydrogen-bond acceptors (Lipinski definition) is 8. The Kier molecular flexibility index (Phi) is 5.29. The zero-order valence-corrected chi connectivity index (χ0v) is 18.9. The van der Waals surface area contributed by atoms with E-state index in [1.807, 2.05) is 4.90 Å². The second kappa shape index (κ2) is 8.21. The first-order valence-electron chi connectivity index (χ1n) is 10.5. The first-order chi connectivity index (χ1) is 16.7. The number of ether oxygens (including phenoxy) is 1. The van der Waals surface area contributed by atoms with E-state index >= 15 is 0 Å². The van der Waals surface area contributed by atoms with Crippen molar-refractivity contribution in [3.8, 4) is 22.6 Å². The third-order valence-corrected chi connectivity index (χ3v) is 5.79. The van der Waals surface area contributed by atoms with Gasteiger partial charge in [-0.3, -0.25) is 9.67 Å². The second-order valence-electron chi connectivity index (χ2n) is 8.05. The summed E-state index contributed by atoms with van der Waals surface area (Å²) in [6.07, 6.45) is -1.19. The van der Waals surface area contributed by atoms with Crippen LogP contribution in [0.5, 0.6) is 0 Å². The Hall–Kier alpha value is -4.23. The Morgan fingerprint density at radius 2 is 1.94 bits per heavy atom. The maximum Gasteiger partial charge on any atom is 0.417 e. The Morgan fingerprint density at radius 1 is 1.17 bits per heavy atom. The number of rotatable bonds is 4. The Labute approximate surface area is 196 Å². The zero-order valence-electron chi connectivity index (χ0n) is 18.9. The second-order valence-corrected chi connectivity index (χ2v) is 8.05. The summed E-state index contributed by atoms with van der Waals surface area (Å²) in [6, 6.07) is 2.19. The number of hydrogen-bond donors (Lipinski definition) is 1. The summed E-state index contributed by atoms with van der Waals surface area (Å²) in [5.74, 6) is 1.20. The fraction of sp³-hybridized carbons (Fsp3) is 0.333. The van der Waals surface area contributed by atoms with Crippen LogP contribution in [-0.4, -0.2) is 66.7 Å². The zero-order chi connectivity index (χ0) is 24.9. The van der Waals surface area contributed by atoms with E-state index in [2.05, 4.69) is 35.2 Å². The van der Waals surface area contributed by atoms with E-state index in [0.717, 1.165) is 12.3 Å². The Bertz CT molecular complexity index is 1410. The van der Waals surface area contributed by atoms with Crippen molar-refractivity contribution < 1.29 is 22.7 Å². The first kappa shape index (κ1) is 22.6. The minimum absolute atomic E-state index is 0.102. The summed E-state index contributed by atoms with van der Waals surface area (Å²) >= 11 is 0. The molecule has 0 spiro atoms. The molecule has 0 aliphatic carbocycles. The number of pyridine rings is 1. The van der Waals surface area contributed by atoms with Crippen molar-refractivity contribution in [2.75, 3.05) is 25.1 Å². The highest BCUT2D eigenvalue weighted by molar-refractivity contribution is 5.91. The highest BCUT2D eigenvalue weighted by atomic mass is 19.4. The number of nitrogens with one attached hydrogen (secondary N) is 1. The highest BCUT2D eigenvalue weighted by Crippen LogP contribution is 2.37. The molecule has 0 aromatic carbocycles. The van der Waals surface area contributed by atoms with Gasteiger partial charge in [-0.05, 0) is 19.1 Å². The van der Waals surface area contributed by atoms with Crippen LogP contribution in [0.2, 0.25) is 0 Å². The van der Waals surface area contributed by atoms with E-state index in [4.69, 9.17) is 0 Å². The minimum atomic E-state index is -4.48. The van der Waals surface area contributed by atoms with Gasteiger partial charge in [0.05, 0.1) is 41.9 Å². The van der Waals surface area contributed by atoms with Gasteiger partial charge in [0.2, 0.25) is 0 Å². The van der Waals surface area contributed by atoms with Crippen molar-refractivity contribution in [3.63, 3.8) is 0 Å². The summed E-state index contributed by atoms with van der Waals surface area (Å²) in [6.45, 7) is 2.80. The topological polar surface area (TPSA) is 115 Å². The maximum absolute atomic E-state index is 13.0. The number of anilines is 1. The van der Waals surface area contributed by atoms with E-state index in [9.17, 15) is 18.0 Å². The molecule has 5 rings (SSSR count). The molecule has 4 aromatic rings. The van der Waals surface area contributed by atoms with Gasteiger partial charge in [0.25, 0.3) is 0 Å². The van der Waals surface area contributed by atoms with Crippen LogP contribution in [0.3, 0.4) is 0 Å². The number of fused-ring (bicyclic) bond motifs is 1. The maximum atomic E-state index is 13.0. The highest BCUT2D eigenvalue weighted by Gasteiger charge is 2.33. The molecule has 1 aliphatic rings. The minimum Gasteiger partial charge on any atom is -0.453 e. The molecular formula is C21H20F3N9O2. The molecule has 1 amide bonds. The molecule has 4 aromatic heterocycles. The lowest BCUT2D eigenvalue weighted by Gasteiger charge is -2.40. The molecule has 0 atom stereocenters. The number of nitrogens with zero attached hydrogens (tertiary/aromatic N) is 8. The first-order valence-corrected chi connectivity index (χ1v) is 10.5. The van der Waals surface area contributed by atoms with E-state index in [-0.39, 0.29) is 6.04 Å². The molecule has 1 aliphatic heterocycles. The van der Waals surface area contributed by atoms with Crippen molar-refractivity contribution in [3.05, 3.63) is 42.2 Å². The monoisotopic (exact) mass is 487 g/mol. The van der Waals surface area contributed by atoms with Gasteiger partial charge in [0.15, 0.2) is 5.82 Å². The van der Waals surface area contributed by atoms with E-state index in [1.54, 1.807) is 24.7 Å². The molecule has 182 valence electrons. The molecule has 11 nitrogen and oxygen atoms in total. The lowest BCUT2D eigenvalue weighted by Crippen LogP contribution is -2.59. The lowest BCUT2D eigenvalue weighted by atomic mass is 10.1. The van der Waals surface area contributed by atoms with Gasteiger partial charge in [-0.2, -0.15) is 23.4 Å². The predicted octanol–water partition coefficient (Wildman–Crippen LogP) is 2.46. The summed E-state index contributed by atoms with van der Waals surface area (Å²) in [5, 5.41) is 11.4. The van der Waals surface area contributed by atoms with Crippen LogP contribution in [0.25, 0.3) is 28.2 Å². The number of halogens is 3. The summed E-state index contributed by atoms with van der Waals surface area (Å²) in [5.41, 5.74) is 1.69. The van der Waals surface area contributed by atoms with Crippen LogP contribution in [0.15, 0.2) is 30.9 Å². The third-order valence-electron chi connectivity index (χ3n) is 5.79. The van der Waals surface area contributed by atoms with Crippen molar-refractivity contribution in [2.45, 2.75) is 19.1 Å². The van der Waals surface area contributed by atoms with Crippen LogP contribution in [0.4, 0.5) is 23.8 Å². The summed E-state index contributed by atoms with van der Waals surface area (Å²) < 4.78 is 46.9. The van der Waals surface area contributed by atoms with Gasteiger partial charge in [0.1, 0.15) is 23.4 Å². The van der Waals surface area contributed by atoms with Crippen molar-refractivity contribution in [1.29, 1.82) is 0 Å². The molecule has 1 N–H and O–H groups in total. The third kappa shape index (κ3) is 3.90. The molecule has 0 saturated carbocycles. The number of carbonyl (C=O) groups is 1. The number of imidazole rings is 1. The summed E-state index contributed by atoms with van der Waals surface area (Å²) in [7, 11) is 2.98. The van der Waals surface area contributed by atoms with Crippen molar-refractivity contribution in [2.24, 2.45) is 7.05 Å². The molecular weight excluding hydrogens is 467 g/mol. The van der Waals surface area contributed by atoms with Gasteiger partial charge >= 0.3 is 12.3 Å². The number of aryl methyl sites for hydroxylation is 2. The van der Waals surface area contributed by atoms with Gasteiger partial charge in [-0.15, -0.1) is 0 Å². The molecule has 14 heteroatoms. The molecule has 0 unspecified atom stereocenters. The number of aromatic nitrogens is 7. The smallest absolute Gasteiger partial charge is 0.417 e. The molecule has 0 bridgehead atoms. The molecule has 1 saturated heterocycles. The van der Waals surface area contributed by atoms with E-state index < -0.39 is 17.8 Å². The number of alkyl halides is 3. The normalized spacial score (nSPS) is 14.3. The number of amides is 1. The van der Waals surface area contributed by atoms with Crippen molar-refractivity contribution in [1.82, 2.24) is 39.7 Å². The number of alkyl carbamates (subject to hydrolysis) is 1. The van der Waals surface area contributed by atoms with Gasteiger partial charge < -0.3 is 15.0 Å². The SMILES string of the molecule is COC(=O)NC1CN(c2ncnn3c(C)nc(-c4cnn(C)c4-c4ccc(C(F)(F)F)cn4)c23)C1. The molecule has 35 heavy (non-hydrogen) atoms. The van der Waals surface area contributed by atoms with Gasteiger partial charge in [-0.1, -0.05) is 0 Å². The number of carbonyl (C=O) groups excluding carboxylic acids is 1. The van der Waals surface area contributed by atoms with Crippen LogP contribution in [-0.2, 0) is 18.0 Å². The molecule has 0 radical (unpaired) electrons. The lowest BCUT2D eigenvalue weighted by molar-refractivity contribution is -0.137. The van der Waals surface area contributed by atoms with Crippen LogP contribution >= 0.6 is 0 Å². The predicted molar refractivity (Wildman–Crippen MR) is 117 cm³/mol.